The molecule has 3 aliphatic rings. The second kappa shape index (κ2) is 6.42. The Hall–Kier alpha value is -1.35. The first kappa shape index (κ1) is 17.1. The first-order valence-corrected chi connectivity index (χ1v) is 10.3. The van der Waals surface area contributed by atoms with Crippen LogP contribution in [0.3, 0.4) is 0 Å². The van der Waals surface area contributed by atoms with Gasteiger partial charge in [0.2, 0.25) is 10.0 Å². The lowest BCUT2D eigenvalue weighted by molar-refractivity contribution is 0.0466. The van der Waals surface area contributed by atoms with E-state index < -0.39 is 10.0 Å². The van der Waals surface area contributed by atoms with Crippen LogP contribution in [0.5, 0.6) is 5.75 Å². The van der Waals surface area contributed by atoms with Crippen LogP contribution in [0.25, 0.3) is 0 Å². The molecule has 2 fully saturated rings. The molecule has 4 rings (SSSR count). The summed E-state index contributed by atoms with van der Waals surface area (Å²) in [6.07, 6.45) is 0. The predicted molar refractivity (Wildman–Crippen MR) is 96.8 cm³/mol. The highest BCUT2D eigenvalue weighted by molar-refractivity contribution is 7.89. The minimum absolute atomic E-state index is 0.280. The van der Waals surface area contributed by atoms with Crippen molar-refractivity contribution in [2.45, 2.75) is 10.9 Å². The van der Waals surface area contributed by atoms with Gasteiger partial charge in [-0.05, 0) is 19.2 Å². The normalized spacial score (nSPS) is 26.0. The number of hydrogen-bond acceptors (Lipinski definition) is 6. The van der Waals surface area contributed by atoms with E-state index >= 15 is 0 Å². The fourth-order valence-electron chi connectivity index (χ4n) is 3.95. The summed E-state index contributed by atoms with van der Waals surface area (Å²) in [5.74, 6) is 0.658. The molecule has 0 aromatic heterocycles. The highest BCUT2D eigenvalue weighted by Gasteiger charge is 2.36. The van der Waals surface area contributed by atoms with E-state index in [1.165, 1.54) is 0 Å². The monoisotopic (exact) mass is 366 g/mol. The highest BCUT2D eigenvalue weighted by Crippen LogP contribution is 2.34. The van der Waals surface area contributed by atoms with Gasteiger partial charge in [-0.15, -0.1) is 0 Å². The van der Waals surface area contributed by atoms with Crippen molar-refractivity contribution in [3.8, 4) is 5.75 Å². The second-order valence-corrected chi connectivity index (χ2v) is 9.15. The molecule has 0 unspecified atom stereocenters. The number of piperazine rings is 2. The smallest absolute Gasteiger partial charge is 0.243 e. The van der Waals surface area contributed by atoms with Crippen LogP contribution in [0.2, 0.25) is 0 Å². The van der Waals surface area contributed by atoms with Crippen molar-refractivity contribution in [2.24, 2.45) is 0 Å². The van der Waals surface area contributed by atoms with Crippen molar-refractivity contribution < 1.29 is 13.2 Å². The lowest BCUT2D eigenvalue weighted by atomic mass is 10.1. The molecule has 0 bridgehead atoms. The molecule has 1 aromatic carbocycles. The maximum Gasteiger partial charge on any atom is 0.243 e. The minimum atomic E-state index is -3.49. The first-order chi connectivity index (χ1) is 11.9. The summed E-state index contributed by atoms with van der Waals surface area (Å²) in [5.41, 5.74) is 0.948. The van der Waals surface area contributed by atoms with Crippen molar-refractivity contribution in [2.75, 3.05) is 71.4 Å². The lowest BCUT2D eigenvalue weighted by Crippen LogP contribution is -2.61. The number of fused-ring (bicyclic) bond motifs is 2. The second-order valence-electron chi connectivity index (χ2n) is 7.21. The predicted octanol–water partition coefficient (Wildman–Crippen LogP) is 0.136. The molecule has 7 nitrogen and oxygen atoms in total. The van der Waals surface area contributed by atoms with Gasteiger partial charge in [0.1, 0.15) is 12.4 Å². The summed E-state index contributed by atoms with van der Waals surface area (Å²) in [5, 5.41) is 0. The molecule has 3 heterocycles. The van der Waals surface area contributed by atoms with Crippen molar-refractivity contribution >= 4 is 15.7 Å². The minimum Gasteiger partial charge on any atom is -0.490 e. The van der Waals surface area contributed by atoms with E-state index in [1.54, 1.807) is 16.4 Å². The van der Waals surface area contributed by atoms with Crippen molar-refractivity contribution in [1.29, 1.82) is 0 Å². The Balaban J connectivity index is 1.57. The molecule has 0 radical (unpaired) electrons. The van der Waals surface area contributed by atoms with Gasteiger partial charge in [-0.1, -0.05) is 0 Å². The van der Waals surface area contributed by atoms with Crippen LogP contribution in [0.1, 0.15) is 0 Å². The van der Waals surface area contributed by atoms with Gasteiger partial charge in [0, 0.05) is 58.4 Å². The Bertz CT molecular complexity index is 754. The topological polar surface area (TPSA) is 56.3 Å². The molecule has 1 aromatic rings. The van der Waals surface area contributed by atoms with E-state index in [0.717, 1.165) is 38.4 Å². The van der Waals surface area contributed by atoms with E-state index in [4.69, 9.17) is 4.74 Å². The van der Waals surface area contributed by atoms with Gasteiger partial charge in [0.25, 0.3) is 0 Å². The van der Waals surface area contributed by atoms with Gasteiger partial charge in [-0.25, -0.2) is 8.42 Å². The Kier molecular flexibility index (Phi) is 4.39. The molecule has 0 N–H and O–H groups in total. The van der Waals surface area contributed by atoms with E-state index in [1.807, 2.05) is 13.1 Å². The number of likely N-dealkylation sites (N-methyl/N-ethyl adjacent to an activating group) is 2. The third-order valence-electron chi connectivity index (χ3n) is 5.52. The van der Waals surface area contributed by atoms with E-state index in [0.29, 0.717) is 30.3 Å². The maximum atomic E-state index is 13.1. The number of sulfonamides is 1. The summed E-state index contributed by atoms with van der Waals surface area (Å²) in [6, 6.07) is 5.52. The summed E-state index contributed by atoms with van der Waals surface area (Å²) < 4.78 is 33.6. The summed E-state index contributed by atoms with van der Waals surface area (Å²) >= 11 is 0. The SMILES string of the molecule is CN1CCN2CCN(S(=O)(=O)c3ccc4c(c3)OCCN4C)C[C@H]2C1. The number of benzene rings is 1. The van der Waals surface area contributed by atoms with Crippen molar-refractivity contribution in [3.05, 3.63) is 18.2 Å². The Labute approximate surface area is 149 Å². The zero-order valence-electron chi connectivity index (χ0n) is 14.9. The molecule has 1 atom stereocenters. The largest absolute Gasteiger partial charge is 0.490 e. The average molecular weight is 366 g/mol. The molecule has 0 saturated carbocycles. The van der Waals surface area contributed by atoms with Crippen LogP contribution in [-0.4, -0.2) is 95.1 Å². The molecule has 138 valence electrons. The van der Waals surface area contributed by atoms with Crippen LogP contribution in [0.4, 0.5) is 5.69 Å². The van der Waals surface area contributed by atoms with Gasteiger partial charge < -0.3 is 14.5 Å². The fraction of sp³-hybridized carbons (Fsp3) is 0.647. The van der Waals surface area contributed by atoms with Crippen LogP contribution in [-0.2, 0) is 10.0 Å². The Morgan fingerprint density at radius 2 is 1.84 bits per heavy atom. The zero-order chi connectivity index (χ0) is 17.6. The molecule has 0 amide bonds. The number of anilines is 1. The number of nitrogens with zero attached hydrogens (tertiary/aromatic N) is 4. The third-order valence-corrected chi connectivity index (χ3v) is 7.38. The van der Waals surface area contributed by atoms with E-state index in [9.17, 15) is 8.42 Å². The standard InChI is InChI=1S/C17H26N4O3S/c1-18-5-6-20-7-8-21(13-14(20)12-18)25(22,23)15-3-4-16-17(11-15)24-10-9-19(16)2/h3-4,11,14H,5-10,12-13H2,1-2H3/t14-/m1/s1. The molecule has 0 aliphatic carbocycles. The summed E-state index contributed by atoms with van der Waals surface area (Å²) in [7, 11) is 0.602. The molecule has 3 aliphatic heterocycles. The number of ether oxygens (including phenoxy) is 1. The quantitative estimate of drug-likeness (QED) is 0.742. The van der Waals surface area contributed by atoms with E-state index in [-0.39, 0.29) is 6.04 Å². The van der Waals surface area contributed by atoms with Crippen LogP contribution < -0.4 is 9.64 Å². The van der Waals surface area contributed by atoms with Gasteiger partial charge in [0.05, 0.1) is 17.1 Å². The number of hydrogen-bond donors (Lipinski definition) is 0. The third kappa shape index (κ3) is 3.12. The molecule has 0 spiro atoms. The average Bonchev–Trinajstić information content (AvgIpc) is 2.61. The Morgan fingerprint density at radius 1 is 1.04 bits per heavy atom. The first-order valence-electron chi connectivity index (χ1n) is 8.86. The highest BCUT2D eigenvalue weighted by atomic mass is 32.2. The van der Waals surface area contributed by atoms with Gasteiger partial charge >= 0.3 is 0 Å². The molecule has 25 heavy (non-hydrogen) atoms. The summed E-state index contributed by atoms with van der Waals surface area (Å²) in [4.78, 5) is 7.11. The molecule has 2 saturated heterocycles. The van der Waals surface area contributed by atoms with Gasteiger partial charge in [0.15, 0.2) is 0 Å². The van der Waals surface area contributed by atoms with Crippen LogP contribution in [0, 0.1) is 0 Å². The lowest BCUT2D eigenvalue weighted by Gasteiger charge is -2.46. The van der Waals surface area contributed by atoms with Crippen molar-refractivity contribution in [1.82, 2.24) is 14.1 Å². The number of rotatable bonds is 2. The van der Waals surface area contributed by atoms with Gasteiger partial charge in [-0.2, -0.15) is 4.31 Å². The van der Waals surface area contributed by atoms with Crippen LogP contribution >= 0.6 is 0 Å². The van der Waals surface area contributed by atoms with Crippen LogP contribution in [0.15, 0.2) is 23.1 Å². The Morgan fingerprint density at radius 3 is 2.68 bits per heavy atom. The zero-order valence-corrected chi connectivity index (χ0v) is 15.7. The molecular formula is C17H26N4O3S. The fourth-order valence-corrected chi connectivity index (χ4v) is 5.43. The molecule has 8 heteroatoms. The van der Waals surface area contributed by atoms with E-state index in [2.05, 4.69) is 21.7 Å². The van der Waals surface area contributed by atoms with Gasteiger partial charge in [-0.3, -0.25) is 4.90 Å². The maximum absolute atomic E-state index is 13.1. The summed E-state index contributed by atoms with van der Waals surface area (Å²) in [6.45, 7) is 6.32. The van der Waals surface area contributed by atoms with Crippen molar-refractivity contribution in [3.63, 3.8) is 0 Å². The molecular weight excluding hydrogens is 340 g/mol.